The second kappa shape index (κ2) is 8.24. The van der Waals surface area contributed by atoms with Gasteiger partial charge in [0.25, 0.3) is 0 Å². The Hall–Kier alpha value is -1.52. The van der Waals surface area contributed by atoms with Crippen molar-refractivity contribution in [1.29, 1.82) is 0 Å². The maximum absolute atomic E-state index is 12.8. The fourth-order valence-corrected chi connectivity index (χ4v) is 4.44. The molecular formula is C17H20INO5S. The van der Waals surface area contributed by atoms with Crippen LogP contribution in [0.2, 0.25) is 0 Å². The van der Waals surface area contributed by atoms with Crippen LogP contribution in [0.1, 0.15) is 5.56 Å². The molecule has 0 radical (unpaired) electrons. The first-order valence-electron chi connectivity index (χ1n) is 7.34. The van der Waals surface area contributed by atoms with Crippen LogP contribution in [-0.2, 0) is 16.6 Å². The quantitative estimate of drug-likeness (QED) is 0.574. The van der Waals surface area contributed by atoms with Crippen LogP contribution in [0, 0.1) is 3.57 Å². The van der Waals surface area contributed by atoms with Crippen LogP contribution in [0.15, 0.2) is 41.3 Å². The lowest BCUT2D eigenvalue weighted by atomic mass is 10.2. The molecule has 2 rings (SSSR count). The van der Waals surface area contributed by atoms with Gasteiger partial charge in [-0.1, -0.05) is 6.07 Å². The Morgan fingerprint density at radius 1 is 0.920 bits per heavy atom. The van der Waals surface area contributed by atoms with Crippen LogP contribution in [0.3, 0.4) is 0 Å². The number of hydrogen-bond acceptors (Lipinski definition) is 5. The van der Waals surface area contributed by atoms with E-state index in [1.165, 1.54) is 4.31 Å². The molecule has 0 saturated carbocycles. The molecule has 0 saturated heterocycles. The summed E-state index contributed by atoms with van der Waals surface area (Å²) in [6.45, 7) is 0.214. The van der Waals surface area contributed by atoms with Crippen molar-refractivity contribution < 1.29 is 22.6 Å². The van der Waals surface area contributed by atoms with Gasteiger partial charge in [0, 0.05) is 13.6 Å². The molecule has 136 valence electrons. The maximum Gasteiger partial charge on any atom is 0.243 e. The Balaban J connectivity index is 2.27. The Labute approximate surface area is 161 Å². The molecule has 0 unspecified atom stereocenters. The van der Waals surface area contributed by atoms with E-state index < -0.39 is 10.0 Å². The van der Waals surface area contributed by atoms with E-state index in [1.54, 1.807) is 58.7 Å². The minimum atomic E-state index is -3.62. The summed E-state index contributed by atoms with van der Waals surface area (Å²) in [6, 6.07) is 10.1. The van der Waals surface area contributed by atoms with Crippen LogP contribution >= 0.6 is 22.6 Å². The summed E-state index contributed by atoms with van der Waals surface area (Å²) >= 11 is 2.05. The zero-order valence-electron chi connectivity index (χ0n) is 14.4. The molecule has 2 aromatic carbocycles. The zero-order chi connectivity index (χ0) is 18.6. The van der Waals surface area contributed by atoms with Gasteiger partial charge in [-0.25, -0.2) is 8.42 Å². The van der Waals surface area contributed by atoms with Crippen molar-refractivity contribution >= 4 is 32.6 Å². The smallest absolute Gasteiger partial charge is 0.243 e. The molecule has 0 N–H and O–H groups in total. The van der Waals surface area contributed by atoms with Gasteiger partial charge < -0.3 is 14.2 Å². The van der Waals surface area contributed by atoms with E-state index in [0.29, 0.717) is 17.2 Å². The molecule has 0 aromatic heterocycles. The largest absolute Gasteiger partial charge is 0.496 e. The summed E-state index contributed by atoms with van der Waals surface area (Å²) < 4.78 is 43.3. The maximum atomic E-state index is 12.8. The Kier molecular flexibility index (Phi) is 6.53. The molecule has 0 aliphatic rings. The van der Waals surface area contributed by atoms with Gasteiger partial charge in [-0.2, -0.15) is 4.31 Å². The van der Waals surface area contributed by atoms with Gasteiger partial charge in [0.15, 0.2) is 11.5 Å². The van der Waals surface area contributed by atoms with Crippen LogP contribution in [0.25, 0.3) is 0 Å². The summed E-state index contributed by atoms with van der Waals surface area (Å²) in [7, 11) is 2.57. The highest BCUT2D eigenvalue weighted by Gasteiger charge is 2.22. The molecule has 0 aliphatic carbocycles. The second-order valence-electron chi connectivity index (χ2n) is 5.25. The molecule has 0 fully saturated rings. The summed E-state index contributed by atoms with van der Waals surface area (Å²) in [5, 5.41) is 0. The fourth-order valence-electron chi connectivity index (χ4n) is 2.31. The second-order valence-corrected chi connectivity index (χ2v) is 8.45. The average Bonchev–Trinajstić information content (AvgIpc) is 2.61. The molecule has 0 aliphatic heterocycles. The first-order valence-corrected chi connectivity index (χ1v) is 9.86. The minimum absolute atomic E-state index is 0.214. The fraction of sp³-hybridized carbons (Fsp3) is 0.294. The molecular weight excluding hydrogens is 457 g/mol. The summed E-state index contributed by atoms with van der Waals surface area (Å²) in [6.07, 6.45) is 0. The predicted octanol–water partition coefficient (Wildman–Crippen LogP) is 3.14. The summed E-state index contributed by atoms with van der Waals surface area (Å²) in [5.41, 5.74) is 0.798. The van der Waals surface area contributed by atoms with Crippen molar-refractivity contribution in [2.75, 3.05) is 28.4 Å². The third kappa shape index (κ3) is 4.36. The first kappa shape index (κ1) is 19.8. The van der Waals surface area contributed by atoms with E-state index in [9.17, 15) is 8.42 Å². The highest BCUT2D eigenvalue weighted by atomic mass is 127. The Bertz CT molecular complexity index is 854. The molecule has 6 nitrogen and oxygen atoms in total. The molecule has 2 aromatic rings. The molecule has 8 heteroatoms. The third-order valence-corrected chi connectivity index (χ3v) is 6.33. The SMILES string of the molecule is COc1ccc(S(=O)(=O)N(C)Cc2ccc(OC)c(OC)c2)cc1I. The van der Waals surface area contributed by atoms with Crippen LogP contribution in [0.5, 0.6) is 17.2 Å². The normalized spacial score (nSPS) is 11.4. The molecule has 0 bridgehead atoms. The van der Waals surface area contributed by atoms with Gasteiger partial charge in [-0.15, -0.1) is 0 Å². The third-order valence-electron chi connectivity index (χ3n) is 3.68. The highest BCUT2D eigenvalue weighted by molar-refractivity contribution is 14.1. The van der Waals surface area contributed by atoms with Gasteiger partial charge in [0.05, 0.1) is 29.8 Å². The topological polar surface area (TPSA) is 65.1 Å². The lowest BCUT2D eigenvalue weighted by Crippen LogP contribution is -2.26. The summed E-state index contributed by atoms with van der Waals surface area (Å²) in [5.74, 6) is 1.80. The van der Waals surface area contributed by atoms with Gasteiger partial charge in [0.1, 0.15) is 5.75 Å². The molecule has 0 amide bonds. The molecule has 0 spiro atoms. The highest BCUT2D eigenvalue weighted by Crippen LogP contribution is 2.29. The van der Waals surface area contributed by atoms with Gasteiger partial charge >= 0.3 is 0 Å². The van der Waals surface area contributed by atoms with Gasteiger partial charge in [-0.3, -0.25) is 0 Å². The van der Waals surface area contributed by atoms with Crippen LogP contribution in [0.4, 0.5) is 0 Å². The first-order chi connectivity index (χ1) is 11.8. The van der Waals surface area contributed by atoms with Crippen molar-refractivity contribution in [2.24, 2.45) is 0 Å². The number of benzene rings is 2. The van der Waals surface area contributed by atoms with Crippen LogP contribution < -0.4 is 14.2 Å². The molecule has 0 atom stereocenters. The minimum Gasteiger partial charge on any atom is -0.496 e. The van der Waals surface area contributed by atoms with Crippen molar-refractivity contribution in [1.82, 2.24) is 4.31 Å². The van der Waals surface area contributed by atoms with Crippen molar-refractivity contribution in [3.8, 4) is 17.2 Å². The average molecular weight is 477 g/mol. The number of sulfonamides is 1. The number of halogens is 1. The van der Waals surface area contributed by atoms with E-state index >= 15 is 0 Å². The predicted molar refractivity (Wildman–Crippen MR) is 104 cm³/mol. The van der Waals surface area contributed by atoms with E-state index in [0.717, 1.165) is 9.13 Å². The lowest BCUT2D eigenvalue weighted by molar-refractivity contribution is 0.354. The van der Waals surface area contributed by atoms with Crippen molar-refractivity contribution in [3.05, 3.63) is 45.5 Å². The zero-order valence-corrected chi connectivity index (χ0v) is 17.4. The summed E-state index contributed by atoms with van der Waals surface area (Å²) in [4.78, 5) is 0.223. The van der Waals surface area contributed by atoms with E-state index in [-0.39, 0.29) is 11.4 Å². The lowest BCUT2D eigenvalue weighted by Gasteiger charge is -2.19. The molecule has 25 heavy (non-hydrogen) atoms. The standard InChI is InChI=1S/C17H20INO5S/c1-19(11-12-5-7-16(23-3)17(9-12)24-4)25(20,21)13-6-8-15(22-2)14(18)10-13/h5-10H,11H2,1-4H3. The van der Waals surface area contributed by atoms with Gasteiger partial charge in [0.2, 0.25) is 10.0 Å². The number of rotatable bonds is 7. The van der Waals surface area contributed by atoms with Crippen molar-refractivity contribution in [3.63, 3.8) is 0 Å². The number of hydrogen-bond donors (Lipinski definition) is 0. The number of ether oxygens (including phenoxy) is 3. The number of methoxy groups -OCH3 is 3. The Morgan fingerprint density at radius 3 is 2.08 bits per heavy atom. The Morgan fingerprint density at radius 2 is 1.52 bits per heavy atom. The number of nitrogens with zero attached hydrogens (tertiary/aromatic N) is 1. The van der Waals surface area contributed by atoms with Gasteiger partial charge in [-0.05, 0) is 58.5 Å². The van der Waals surface area contributed by atoms with Crippen LogP contribution in [-0.4, -0.2) is 41.1 Å². The van der Waals surface area contributed by atoms with E-state index in [1.807, 2.05) is 6.07 Å². The van der Waals surface area contributed by atoms with Crippen molar-refractivity contribution in [2.45, 2.75) is 11.4 Å². The molecule has 0 heterocycles. The monoisotopic (exact) mass is 477 g/mol. The van der Waals surface area contributed by atoms with E-state index in [2.05, 4.69) is 22.6 Å². The van der Waals surface area contributed by atoms with E-state index in [4.69, 9.17) is 14.2 Å².